The van der Waals surface area contributed by atoms with Crippen LogP contribution >= 0.6 is 0 Å². The van der Waals surface area contributed by atoms with E-state index in [0.717, 1.165) is 83.0 Å². The van der Waals surface area contributed by atoms with Crippen molar-refractivity contribution >= 4 is 21.8 Å². The zero-order valence-electron chi connectivity index (χ0n) is 30.0. The molecule has 0 bridgehead atoms. The molecule has 7 heteroatoms. The zero-order valence-corrected chi connectivity index (χ0v) is 30.0. The van der Waals surface area contributed by atoms with Crippen molar-refractivity contribution in [3.05, 3.63) is 189 Å². The minimum Gasteiger partial charge on any atom is -0.265 e. The molecule has 10 aromatic rings. The van der Waals surface area contributed by atoms with Crippen LogP contribution in [0.25, 0.3) is 100 Å². The predicted molar refractivity (Wildman–Crippen MR) is 224 cm³/mol. The summed E-state index contributed by atoms with van der Waals surface area (Å²) in [6.45, 7) is 0. The fraction of sp³-hybridized carbons (Fsp3) is 0. The molecule has 0 atom stereocenters. The fourth-order valence-corrected chi connectivity index (χ4v) is 7.29. The quantitative estimate of drug-likeness (QED) is 0.162. The van der Waals surface area contributed by atoms with Gasteiger partial charge in [0.2, 0.25) is 0 Å². The van der Waals surface area contributed by atoms with Crippen LogP contribution in [0.3, 0.4) is 0 Å². The van der Waals surface area contributed by atoms with Gasteiger partial charge in [-0.15, -0.1) is 0 Å². The molecule has 262 valence electrons. The maximum Gasteiger partial charge on any atom is 0.164 e. The third kappa shape index (κ3) is 6.33. The van der Waals surface area contributed by atoms with Crippen LogP contribution in [-0.2, 0) is 0 Å². The molecule has 0 aliphatic heterocycles. The van der Waals surface area contributed by atoms with Crippen LogP contribution in [0.4, 0.5) is 0 Å². The van der Waals surface area contributed by atoms with Crippen molar-refractivity contribution in [1.82, 2.24) is 34.9 Å². The van der Waals surface area contributed by atoms with Crippen molar-refractivity contribution in [2.45, 2.75) is 0 Å². The lowest BCUT2D eigenvalue weighted by Gasteiger charge is -2.13. The Morgan fingerprint density at radius 3 is 1.14 bits per heavy atom. The third-order valence-corrected chi connectivity index (χ3v) is 10.0. The first kappa shape index (κ1) is 32.8. The predicted octanol–water partition coefficient (Wildman–Crippen LogP) is 11.4. The van der Waals surface area contributed by atoms with Gasteiger partial charge in [-0.25, -0.2) is 15.0 Å². The minimum atomic E-state index is 0.566. The average molecular weight is 718 g/mol. The molecule has 0 amide bonds. The van der Waals surface area contributed by atoms with Crippen molar-refractivity contribution in [2.24, 2.45) is 0 Å². The fourth-order valence-electron chi connectivity index (χ4n) is 7.29. The van der Waals surface area contributed by atoms with E-state index < -0.39 is 0 Å². The number of para-hydroxylation sites is 2. The van der Waals surface area contributed by atoms with Crippen LogP contribution in [0.2, 0.25) is 0 Å². The van der Waals surface area contributed by atoms with Crippen LogP contribution in [-0.4, -0.2) is 34.9 Å². The number of fused-ring (bicyclic) bond motifs is 2. The summed E-state index contributed by atoms with van der Waals surface area (Å²) < 4.78 is 0. The summed E-state index contributed by atoms with van der Waals surface area (Å²) in [5.41, 5.74) is 12.9. The van der Waals surface area contributed by atoms with Gasteiger partial charge in [-0.3, -0.25) is 19.9 Å². The highest BCUT2D eigenvalue weighted by Gasteiger charge is 2.17. The monoisotopic (exact) mass is 717 g/mol. The van der Waals surface area contributed by atoms with E-state index in [0.29, 0.717) is 17.5 Å². The first-order valence-corrected chi connectivity index (χ1v) is 18.3. The molecule has 0 aliphatic rings. The number of pyridine rings is 4. The van der Waals surface area contributed by atoms with Crippen molar-refractivity contribution in [2.75, 3.05) is 0 Å². The molecule has 7 nitrogen and oxygen atoms in total. The molecular weight excluding hydrogens is 687 g/mol. The minimum absolute atomic E-state index is 0.566. The molecule has 0 saturated heterocycles. The molecule has 0 radical (unpaired) electrons. The van der Waals surface area contributed by atoms with E-state index in [9.17, 15) is 0 Å². The maximum absolute atomic E-state index is 5.22. The lowest BCUT2D eigenvalue weighted by atomic mass is 9.96. The first-order chi connectivity index (χ1) is 27.7. The van der Waals surface area contributed by atoms with Crippen molar-refractivity contribution in [1.29, 1.82) is 0 Å². The van der Waals surface area contributed by atoms with E-state index >= 15 is 0 Å². The Morgan fingerprint density at radius 2 is 0.661 bits per heavy atom. The third-order valence-electron chi connectivity index (χ3n) is 10.0. The number of aromatic nitrogens is 7. The van der Waals surface area contributed by atoms with Gasteiger partial charge >= 0.3 is 0 Å². The number of rotatable bonds is 7. The second kappa shape index (κ2) is 14.2. The summed E-state index contributed by atoms with van der Waals surface area (Å²) in [6, 6.07) is 51.9. The summed E-state index contributed by atoms with van der Waals surface area (Å²) in [7, 11) is 0. The Bertz CT molecular complexity index is 2830. The molecule has 5 heterocycles. The van der Waals surface area contributed by atoms with E-state index in [1.165, 1.54) is 0 Å². The van der Waals surface area contributed by atoms with Gasteiger partial charge in [-0.05, 0) is 123 Å². The van der Waals surface area contributed by atoms with Gasteiger partial charge in [0.15, 0.2) is 17.5 Å². The summed E-state index contributed by atoms with van der Waals surface area (Å²) >= 11 is 0. The Hall–Kier alpha value is -7.77. The van der Waals surface area contributed by atoms with Gasteiger partial charge in [0, 0.05) is 64.6 Å². The Labute approximate surface area is 323 Å². The number of hydrogen-bond donors (Lipinski definition) is 0. The number of nitrogens with zero attached hydrogens (tertiary/aromatic N) is 7. The van der Waals surface area contributed by atoms with Crippen LogP contribution < -0.4 is 0 Å². The molecule has 0 fully saturated rings. The Balaban J connectivity index is 1.18. The summed E-state index contributed by atoms with van der Waals surface area (Å²) in [6.07, 6.45) is 11.0. The lowest BCUT2D eigenvalue weighted by molar-refractivity contribution is 1.07. The molecule has 0 unspecified atom stereocenters. The smallest absolute Gasteiger partial charge is 0.164 e. The van der Waals surface area contributed by atoms with Crippen molar-refractivity contribution in [3.8, 4) is 78.7 Å². The number of hydrogen-bond acceptors (Lipinski definition) is 7. The van der Waals surface area contributed by atoms with Crippen LogP contribution in [0.5, 0.6) is 0 Å². The van der Waals surface area contributed by atoms with Gasteiger partial charge in [0.05, 0.1) is 11.0 Å². The standard InChI is InChI=1S/C49H31N7/c1-3-13-45-43(11-1)41(19-25-52-45)34-7-5-9-36(27-34)47-54-48(37-10-6-8-35(28-37)42-20-26-53-46-14-4-2-12-44(42)46)56-49(55-47)40-30-38(32-15-21-50-22-16-32)29-39(31-40)33-17-23-51-24-18-33/h1-31H. The van der Waals surface area contributed by atoms with Gasteiger partial charge in [0.25, 0.3) is 0 Å². The molecule has 5 aromatic heterocycles. The maximum atomic E-state index is 5.22. The van der Waals surface area contributed by atoms with E-state index in [2.05, 4.69) is 111 Å². The molecule has 0 saturated carbocycles. The zero-order chi connectivity index (χ0) is 37.3. The second-order valence-electron chi connectivity index (χ2n) is 13.5. The molecule has 56 heavy (non-hydrogen) atoms. The second-order valence-corrected chi connectivity index (χ2v) is 13.5. The van der Waals surface area contributed by atoms with E-state index in [1.54, 1.807) is 0 Å². The first-order valence-electron chi connectivity index (χ1n) is 18.3. The Morgan fingerprint density at radius 1 is 0.268 bits per heavy atom. The summed E-state index contributed by atoms with van der Waals surface area (Å²) in [5, 5.41) is 2.17. The topological polar surface area (TPSA) is 90.2 Å². The van der Waals surface area contributed by atoms with Crippen LogP contribution in [0, 0.1) is 0 Å². The number of benzene rings is 5. The van der Waals surface area contributed by atoms with Crippen molar-refractivity contribution < 1.29 is 0 Å². The SMILES string of the molecule is c1cc(-c2nc(-c3cc(-c4ccncc4)cc(-c4ccncc4)c3)nc(-c3cccc(-c4ccnc5ccccc45)c3)n2)cc(-c2ccnc3ccccc23)c1. The Kier molecular flexibility index (Phi) is 8.35. The highest BCUT2D eigenvalue weighted by Crippen LogP contribution is 2.36. The largest absolute Gasteiger partial charge is 0.265 e. The molecule has 0 N–H and O–H groups in total. The van der Waals surface area contributed by atoms with Gasteiger partial charge in [-0.2, -0.15) is 0 Å². The van der Waals surface area contributed by atoms with Crippen LogP contribution in [0.15, 0.2) is 189 Å². The molecule has 5 aromatic carbocycles. The van der Waals surface area contributed by atoms with Crippen molar-refractivity contribution in [3.63, 3.8) is 0 Å². The molecule has 10 rings (SSSR count). The van der Waals surface area contributed by atoms with E-state index in [-0.39, 0.29) is 0 Å². The summed E-state index contributed by atoms with van der Waals surface area (Å²) in [5.74, 6) is 1.71. The van der Waals surface area contributed by atoms with E-state index in [1.807, 2.05) is 97.8 Å². The van der Waals surface area contributed by atoms with Gasteiger partial charge in [0.1, 0.15) is 0 Å². The summed E-state index contributed by atoms with van der Waals surface area (Å²) in [4.78, 5) is 33.4. The molecule has 0 aliphatic carbocycles. The highest BCUT2D eigenvalue weighted by atomic mass is 15.0. The lowest BCUT2D eigenvalue weighted by Crippen LogP contribution is -2.01. The van der Waals surface area contributed by atoms with E-state index in [4.69, 9.17) is 15.0 Å². The molecule has 0 spiro atoms. The normalized spacial score (nSPS) is 11.2. The highest BCUT2D eigenvalue weighted by molar-refractivity contribution is 5.96. The van der Waals surface area contributed by atoms with Crippen LogP contribution in [0.1, 0.15) is 0 Å². The van der Waals surface area contributed by atoms with Gasteiger partial charge in [-0.1, -0.05) is 72.8 Å². The molecular formula is C49H31N7. The van der Waals surface area contributed by atoms with Gasteiger partial charge < -0.3 is 0 Å². The average Bonchev–Trinajstić information content (AvgIpc) is 3.29.